The number of carbonyl (C=O) groups excluding carboxylic acids is 2. The molecule has 1 saturated heterocycles. The molecule has 1 aliphatic rings. The van der Waals surface area contributed by atoms with Crippen molar-refractivity contribution < 1.29 is 22.8 Å². The van der Waals surface area contributed by atoms with Crippen LogP contribution in [0.1, 0.15) is 16.7 Å². The number of rotatable bonds is 1. The first-order valence-corrected chi connectivity index (χ1v) is 6.02. The summed E-state index contributed by atoms with van der Waals surface area (Å²) in [5.41, 5.74) is -0.464. The molecule has 0 aromatic heterocycles. The highest BCUT2D eigenvalue weighted by molar-refractivity contribution is 8.18. The van der Waals surface area contributed by atoms with Crippen LogP contribution in [-0.2, 0) is 11.0 Å². The molecule has 0 spiro atoms. The number of hydrogen-bond donors (Lipinski definition) is 1. The Morgan fingerprint density at radius 3 is 2.47 bits per heavy atom. The molecule has 1 heterocycles. The molecular weight excluding hydrogens is 279 g/mol. The molecule has 0 unspecified atom stereocenters. The van der Waals surface area contributed by atoms with E-state index in [1.54, 1.807) is 0 Å². The fourth-order valence-corrected chi connectivity index (χ4v) is 2.35. The monoisotopic (exact) mass is 287 g/mol. The molecule has 1 aromatic rings. The molecule has 19 heavy (non-hydrogen) atoms. The third-order valence-corrected chi connectivity index (χ3v) is 3.42. The lowest BCUT2D eigenvalue weighted by Crippen LogP contribution is -2.17. The number of benzene rings is 1. The zero-order chi connectivity index (χ0) is 14.2. The van der Waals surface area contributed by atoms with Crippen molar-refractivity contribution in [1.29, 1.82) is 0 Å². The maximum absolute atomic E-state index is 12.7. The average Bonchev–Trinajstić information content (AvgIpc) is 2.59. The summed E-state index contributed by atoms with van der Waals surface area (Å²) in [7, 11) is 0. The Bertz CT molecular complexity index is 593. The van der Waals surface area contributed by atoms with Gasteiger partial charge in [-0.1, -0.05) is 12.1 Å². The van der Waals surface area contributed by atoms with E-state index < -0.39 is 22.9 Å². The van der Waals surface area contributed by atoms with Crippen molar-refractivity contribution in [3.05, 3.63) is 39.8 Å². The van der Waals surface area contributed by atoms with Crippen LogP contribution in [-0.4, -0.2) is 11.1 Å². The van der Waals surface area contributed by atoms with E-state index >= 15 is 0 Å². The maximum atomic E-state index is 12.7. The van der Waals surface area contributed by atoms with Gasteiger partial charge in [0, 0.05) is 0 Å². The molecule has 1 aliphatic heterocycles. The van der Waals surface area contributed by atoms with Crippen molar-refractivity contribution in [3.63, 3.8) is 0 Å². The number of alkyl halides is 3. The lowest BCUT2D eigenvalue weighted by Gasteiger charge is -2.12. The molecule has 2 amide bonds. The number of amides is 2. The zero-order valence-electron chi connectivity index (χ0n) is 9.67. The van der Waals surface area contributed by atoms with Crippen LogP contribution in [0.3, 0.4) is 0 Å². The number of nitrogens with one attached hydrogen (secondary N) is 1. The third kappa shape index (κ3) is 2.81. The van der Waals surface area contributed by atoms with Gasteiger partial charge in [-0.3, -0.25) is 14.9 Å². The maximum Gasteiger partial charge on any atom is 0.416 e. The van der Waals surface area contributed by atoms with Crippen LogP contribution in [0.2, 0.25) is 0 Å². The minimum Gasteiger partial charge on any atom is -0.282 e. The van der Waals surface area contributed by atoms with Gasteiger partial charge in [0.1, 0.15) is 0 Å². The van der Waals surface area contributed by atoms with Gasteiger partial charge in [-0.05, 0) is 42.0 Å². The molecule has 0 atom stereocenters. The van der Waals surface area contributed by atoms with E-state index in [4.69, 9.17) is 0 Å². The van der Waals surface area contributed by atoms with Crippen molar-refractivity contribution >= 4 is 29.0 Å². The van der Waals surface area contributed by atoms with Crippen molar-refractivity contribution in [1.82, 2.24) is 5.32 Å². The van der Waals surface area contributed by atoms with Crippen molar-refractivity contribution in [2.24, 2.45) is 0 Å². The van der Waals surface area contributed by atoms with Crippen LogP contribution in [0.4, 0.5) is 18.0 Å². The van der Waals surface area contributed by atoms with Crippen LogP contribution >= 0.6 is 11.8 Å². The molecule has 2 rings (SSSR count). The van der Waals surface area contributed by atoms with E-state index in [0.29, 0.717) is 11.8 Å². The predicted octanol–water partition coefficient (Wildman–Crippen LogP) is 3.34. The summed E-state index contributed by atoms with van der Waals surface area (Å²) < 4.78 is 38.2. The highest BCUT2D eigenvalue weighted by atomic mass is 32.2. The highest BCUT2D eigenvalue weighted by Crippen LogP contribution is 2.34. The number of thioether (sulfide) groups is 1. The summed E-state index contributed by atoms with van der Waals surface area (Å²) in [5.74, 6) is -0.591. The van der Waals surface area contributed by atoms with Gasteiger partial charge >= 0.3 is 6.18 Å². The summed E-state index contributed by atoms with van der Waals surface area (Å²) in [5, 5.41) is 1.52. The lowest BCUT2D eigenvalue weighted by molar-refractivity contribution is -0.138. The molecule has 0 bridgehead atoms. The molecule has 0 radical (unpaired) electrons. The Balaban J connectivity index is 2.45. The second-order valence-electron chi connectivity index (χ2n) is 3.87. The van der Waals surface area contributed by atoms with Gasteiger partial charge in [-0.2, -0.15) is 13.2 Å². The minimum absolute atomic E-state index is 0.0234. The van der Waals surface area contributed by atoms with Gasteiger partial charge in [0.25, 0.3) is 11.1 Å². The van der Waals surface area contributed by atoms with E-state index in [1.165, 1.54) is 25.1 Å². The zero-order valence-corrected chi connectivity index (χ0v) is 10.5. The van der Waals surface area contributed by atoms with Crippen molar-refractivity contribution in [3.8, 4) is 0 Å². The normalized spacial score (nSPS) is 18.0. The first kappa shape index (κ1) is 13.7. The second-order valence-corrected chi connectivity index (χ2v) is 4.88. The number of hydrogen-bond acceptors (Lipinski definition) is 3. The van der Waals surface area contributed by atoms with Gasteiger partial charge in [-0.15, -0.1) is 0 Å². The lowest BCUT2D eigenvalue weighted by atomic mass is 10.0. The third-order valence-electron chi connectivity index (χ3n) is 2.61. The standard InChI is InChI=1S/C12H8F3NO2S/c1-6-7(3-2-4-8(6)12(13,14)15)5-9-10(17)16-11(18)19-9/h2-5H,1H3,(H,16,17,18)/b9-5-. The molecule has 0 aliphatic carbocycles. The summed E-state index contributed by atoms with van der Waals surface area (Å²) in [6, 6.07) is 3.71. The van der Waals surface area contributed by atoms with Crippen LogP contribution < -0.4 is 5.32 Å². The van der Waals surface area contributed by atoms with Crippen LogP contribution in [0.25, 0.3) is 6.08 Å². The van der Waals surface area contributed by atoms with E-state index in [9.17, 15) is 22.8 Å². The fraction of sp³-hybridized carbons (Fsp3) is 0.167. The SMILES string of the molecule is Cc1c(/C=C2\SC(=O)NC2=O)cccc1C(F)(F)F. The number of imide groups is 1. The molecule has 1 fully saturated rings. The van der Waals surface area contributed by atoms with E-state index in [-0.39, 0.29) is 16.0 Å². The summed E-state index contributed by atoms with van der Waals surface area (Å²) in [6.07, 6.45) is -3.16. The second kappa shape index (κ2) is 4.73. The minimum atomic E-state index is -4.44. The quantitative estimate of drug-likeness (QED) is 0.806. The van der Waals surface area contributed by atoms with Gasteiger partial charge in [0.2, 0.25) is 0 Å². The Kier molecular flexibility index (Phi) is 3.40. The van der Waals surface area contributed by atoms with Gasteiger partial charge in [0.05, 0.1) is 10.5 Å². The Morgan fingerprint density at radius 1 is 1.26 bits per heavy atom. The molecule has 3 nitrogen and oxygen atoms in total. The average molecular weight is 287 g/mol. The van der Waals surface area contributed by atoms with Crippen molar-refractivity contribution in [2.75, 3.05) is 0 Å². The predicted molar refractivity (Wildman–Crippen MR) is 65.3 cm³/mol. The summed E-state index contributed by atoms with van der Waals surface area (Å²) in [6.45, 7) is 1.33. The van der Waals surface area contributed by atoms with Crippen LogP contribution in [0.5, 0.6) is 0 Å². The van der Waals surface area contributed by atoms with Crippen LogP contribution in [0.15, 0.2) is 23.1 Å². The first-order chi connectivity index (χ1) is 8.79. The molecule has 7 heteroatoms. The van der Waals surface area contributed by atoms with E-state index in [2.05, 4.69) is 0 Å². The van der Waals surface area contributed by atoms with Crippen molar-refractivity contribution in [2.45, 2.75) is 13.1 Å². The Hall–Kier alpha value is -1.76. The van der Waals surface area contributed by atoms with Crippen LogP contribution in [0, 0.1) is 6.92 Å². The largest absolute Gasteiger partial charge is 0.416 e. The molecule has 100 valence electrons. The van der Waals surface area contributed by atoms with Gasteiger partial charge in [0.15, 0.2) is 0 Å². The van der Waals surface area contributed by atoms with E-state index in [1.807, 2.05) is 5.32 Å². The summed E-state index contributed by atoms with van der Waals surface area (Å²) >= 11 is 0.671. The fourth-order valence-electron chi connectivity index (χ4n) is 1.68. The number of halogens is 3. The molecule has 0 saturated carbocycles. The molecule has 1 aromatic carbocycles. The van der Waals surface area contributed by atoms with Gasteiger partial charge < -0.3 is 0 Å². The molecule has 1 N–H and O–H groups in total. The smallest absolute Gasteiger partial charge is 0.282 e. The van der Waals surface area contributed by atoms with E-state index in [0.717, 1.165) is 6.07 Å². The first-order valence-electron chi connectivity index (χ1n) is 5.20. The topological polar surface area (TPSA) is 46.2 Å². The summed E-state index contributed by atoms with van der Waals surface area (Å²) in [4.78, 5) is 22.4. The van der Waals surface area contributed by atoms with Gasteiger partial charge in [-0.25, -0.2) is 0 Å². The Morgan fingerprint density at radius 2 is 1.95 bits per heavy atom. The Labute approximate surface area is 110 Å². The highest BCUT2D eigenvalue weighted by Gasteiger charge is 2.33. The number of carbonyl (C=O) groups is 2. The molecular formula is C12H8F3NO2S.